The molecule has 3 saturated heterocycles. The third-order valence-corrected chi connectivity index (χ3v) is 13.0. The molecule has 61 heavy (non-hydrogen) atoms. The lowest BCUT2D eigenvalue weighted by Gasteiger charge is -2.40. The van der Waals surface area contributed by atoms with Crippen molar-refractivity contribution in [3.63, 3.8) is 0 Å². The Balaban J connectivity index is 0.709. The van der Waals surface area contributed by atoms with Crippen LogP contribution in [-0.4, -0.2) is 108 Å². The molecule has 4 aromatic rings. The Bertz CT molecular complexity index is 2430. The standard InChI is InChI=1S/C46H47FN8O6/c47-37-24-35-36(46(60)55(45(35)59)38-12-14-41(56)51-44(38)58)25-39(37)54-22-20-52(21-23-54)27-28-15-18-53(19-16-28)32-8-3-29(4-9-32)43(57)50-31-6-10-33(11-7-31)61-40-13-5-30(26-48)42-34(40)2-1-17-49-42/h1-5,8-9,13,17,24-25,28,31,33,38H,6-7,10-12,14-16,18-23,27H2,(H,50,57)(H,51,56,58). The van der Waals surface area contributed by atoms with E-state index in [1.54, 1.807) is 12.3 Å². The number of fused-ring (bicyclic) bond motifs is 2. The van der Waals surface area contributed by atoms with E-state index in [4.69, 9.17) is 4.74 Å². The summed E-state index contributed by atoms with van der Waals surface area (Å²) in [6, 6.07) is 18.9. The monoisotopic (exact) mass is 826 g/mol. The highest BCUT2D eigenvalue weighted by Gasteiger charge is 2.45. The van der Waals surface area contributed by atoms with Crippen molar-refractivity contribution in [3.8, 4) is 11.8 Å². The molecule has 1 saturated carbocycles. The summed E-state index contributed by atoms with van der Waals surface area (Å²) >= 11 is 0. The zero-order valence-corrected chi connectivity index (χ0v) is 33.8. The Hall–Kier alpha value is -6.40. The highest BCUT2D eigenvalue weighted by atomic mass is 19.1. The summed E-state index contributed by atoms with van der Waals surface area (Å²) in [6.07, 6.45) is 7.10. The van der Waals surface area contributed by atoms with Gasteiger partial charge >= 0.3 is 0 Å². The molecule has 4 fully saturated rings. The van der Waals surface area contributed by atoms with Crippen LogP contribution in [0, 0.1) is 23.1 Å². The second-order valence-electron chi connectivity index (χ2n) is 16.7. The molecule has 15 heteroatoms. The molecule has 5 aliphatic rings. The van der Waals surface area contributed by atoms with Gasteiger partial charge in [-0.1, -0.05) is 0 Å². The molecule has 0 bridgehead atoms. The predicted molar refractivity (Wildman–Crippen MR) is 224 cm³/mol. The highest BCUT2D eigenvalue weighted by Crippen LogP contribution is 2.34. The summed E-state index contributed by atoms with van der Waals surface area (Å²) in [4.78, 5) is 75.6. The first-order valence-corrected chi connectivity index (χ1v) is 21.3. The summed E-state index contributed by atoms with van der Waals surface area (Å²) in [7, 11) is 0. The van der Waals surface area contributed by atoms with E-state index < -0.39 is 35.5 Å². The molecule has 314 valence electrons. The molecule has 2 N–H and O–H groups in total. The van der Waals surface area contributed by atoms with E-state index in [1.165, 1.54) is 6.07 Å². The number of hydrogen-bond donors (Lipinski definition) is 2. The number of hydrogen-bond acceptors (Lipinski definition) is 11. The summed E-state index contributed by atoms with van der Waals surface area (Å²) in [5.41, 5.74) is 3.19. The normalized spacial score (nSPS) is 22.6. The van der Waals surface area contributed by atoms with Gasteiger partial charge in [0, 0.05) is 81.1 Å². The van der Waals surface area contributed by atoms with E-state index in [2.05, 4.69) is 31.5 Å². The van der Waals surface area contributed by atoms with Crippen molar-refractivity contribution in [3.05, 3.63) is 94.9 Å². The summed E-state index contributed by atoms with van der Waals surface area (Å²) < 4.78 is 21.8. The number of nitrogens with one attached hydrogen (secondary N) is 2. The number of aromatic nitrogens is 1. The van der Waals surface area contributed by atoms with Gasteiger partial charge in [0.15, 0.2) is 0 Å². The number of amides is 5. The van der Waals surface area contributed by atoms with Crippen LogP contribution < -0.4 is 25.2 Å². The lowest BCUT2D eigenvalue weighted by molar-refractivity contribution is -0.136. The number of piperazine rings is 1. The first-order valence-electron chi connectivity index (χ1n) is 21.3. The van der Waals surface area contributed by atoms with E-state index in [9.17, 15) is 29.2 Å². The third kappa shape index (κ3) is 8.12. The number of pyridine rings is 1. The number of halogens is 1. The fourth-order valence-corrected chi connectivity index (χ4v) is 9.57. The van der Waals surface area contributed by atoms with Crippen molar-refractivity contribution < 1.29 is 33.1 Å². The molecular formula is C46H47FN8O6. The van der Waals surface area contributed by atoms with Crippen LogP contribution >= 0.6 is 0 Å². The average Bonchev–Trinajstić information content (AvgIpc) is 3.51. The van der Waals surface area contributed by atoms with Gasteiger partial charge in [-0.2, -0.15) is 5.26 Å². The van der Waals surface area contributed by atoms with Gasteiger partial charge in [0.05, 0.1) is 34.0 Å². The Kier molecular flexibility index (Phi) is 11.1. The van der Waals surface area contributed by atoms with Crippen molar-refractivity contribution in [2.75, 3.05) is 55.6 Å². The Labute approximate surface area is 352 Å². The van der Waals surface area contributed by atoms with Crippen molar-refractivity contribution in [2.45, 2.75) is 69.6 Å². The summed E-state index contributed by atoms with van der Waals surface area (Å²) in [6.45, 7) is 5.38. The van der Waals surface area contributed by atoms with Crippen LogP contribution in [0.25, 0.3) is 10.9 Å². The van der Waals surface area contributed by atoms with Gasteiger partial charge in [-0.15, -0.1) is 0 Å². The molecule has 1 aromatic heterocycles. The maximum Gasteiger partial charge on any atom is 0.262 e. The summed E-state index contributed by atoms with van der Waals surface area (Å²) in [5, 5.41) is 15.7. The second-order valence-corrected chi connectivity index (χ2v) is 16.7. The van der Waals surface area contributed by atoms with E-state index in [1.807, 2.05) is 47.4 Å². The number of ether oxygens (including phenoxy) is 1. The number of anilines is 2. The van der Waals surface area contributed by atoms with Crippen molar-refractivity contribution in [1.29, 1.82) is 5.26 Å². The molecule has 4 aliphatic heterocycles. The van der Waals surface area contributed by atoms with Crippen LogP contribution in [0.5, 0.6) is 5.75 Å². The van der Waals surface area contributed by atoms with Crippen LogP contribution in [0.1, 0.15) is 88.0 Å². The van der Waals surface area contributed by atoms with Gasteiger partial charge in [-0.05, 0) is 112 Å². The lowest BCUT2D eigenvalue weighted by atomic mass is 9.92. The first kappa shape index (κ1) is 40.0. The molecule has 5 amide bonds. The van der Waals surface area contributed by atoms with Crippen LogP contribution in [0.4, 0.5) is 15.8 Å². The van der Waals surface area contributed by atoms with Crippen molar-refractivity contribution in [1.82, 2.24) is 25.4 Å². The van der Waals surface area contributed by atoms with Gasteiger partial charge in [-0.3, -0.25) is 44.1 Å². The molecule has 0 radical (unpaired) electrons. The van der Waals surface area contributed by atoms with Crippen molar-refractivity contribution >= 4 is 51.8 Å². The second kappa shape index (κ2) is 16.9. The maximum absolute atomic E-state index is 15.5. The SMILES string of the molecule is N#Cc1ccc(OC2CCC(NC(=O)c3ccc(N4CCC(CN5CCN(c6cc7c(cc6F)C(=O)N(C6CCC(=O)NC6=O)C7=O)CC5)CC4)cc3)CC2)c2cccnc12. The smallest absolute Gasteiger partial charge is 0.262 e. The zero-order chi connectivity index (χ0) is 42.2. The van der Waals surface area contributed by atoms with Gasteiger partial charge in [0.2, 0.25) is 11.8 Å². The zero-order valence-electron chi connectivity index (χ0n) is 33.8. The Morgan fingerprint density at radius 1 is 0.852 bits per heavy atom. The molecule has 3 aromatic carbocycles. The van der Waals surface area contributed by atoms with Crippen LogP contribution in [0.15, 0.2) is 66.9 Å². The first-order chi connectivity index (χ1) is 29.6. The average molecular weight is 827 g/mol. The van der Waals surface area contributed by atoms with E-state index in [0.29, 0.717) is 35.7 Å². The summed E-state index contributed by atoms with van der Waals surface area (Å²) in [5.74, 6) is -1.92. The number of nitriles is 1. The molecule has 5 heterocycles. The number of carbonyl (C=O) groups is 5. The van der Waals surface area contributed by atoms with Crippen LogP contribution in [0.2, 0.25) is 0 Å². The minimum absolute atomic E-state index is 0.0181. The van der Waals surface area contributed by atoms with Crippen LogP contribution in [0.3, 0.4) is 0 Å². The minimum atomic E-state index is -1.10. The van der Waals surface area contributed by atoms with Gasteiger partial charge in [0.25, 0.3) is 17.7 Å². The molecule has 14 nitrogen and oxygen atoms in total. The predicted octanol–water partition coefficient (Wildman–Crippen LogP) is 4.81. The van der Waals surface area contributed by atoms with Gasteiger partial charge in [-0.25, -0.2) is 4.39 Å². The fraction of sp³-hybridized carbons (Fsp3) is 0.413. The lowest BCUT2D eigenvalue weighted by Crippen LogP contribution is -2.54. The van der Waals surface area contributed by atoms with Gasteiger partial charge < -0.3 is 19.9 Å². The highest BCUT2D eigenvalue weighted by molar-refractivity contribution is 6.23. The number of piperidine rings is 2. The number of rotatable bonds is 9. The Morgan fingerprint density at radius 2 is 1.57 bits per heavy atom. The third-order valence-electron chi connectivity index (χ3n) is 13.0. The van der Waals surface area contributed by atoms with Gasteiger partial charge in [0.1, 0.15) is 23.7 Å². The van der Waals surface area contributed by atoms with E-state index >= 15 is 4.39 Å². The number of imide groups is 2. The molecule has 1 atom stereocenters. The fourth-order valence-electron chi connectivity index (χ4n) is 9.57. The quantitative estimate of drug-likeness (QED) is 0.223. The number of nitrogens with zero attached hydrogens (tertiary/aromatic N) is 6. The Morgan fingerprint density at radius 3 is 2.28 bits per heavy atom. The van der Waals surface area contributed by atoms with E-state index in [-0.39, 0.29) is 47.7 Å². The van der Waals surface area contributed by atoms with Crippen LogP contribution in [-0.2, 0) is 9.59 Å². The molecule has 9 rings (SSSR count). The largest absolute Gasteiger partial charge is 0.490 e. The minimum Gasteiger partial charge on any atom is -0.490 e. The number of benzene rings is 3. The molecule has 0 spiro atoms. The molecule has 1 unspecified atom stereocenters. The molecular weight excluding hydrogens is 780 g/mol. The van der Waals surface area contributed by atoms with E-state index in [0.717, 1.165) is 99.0 Å². The maximum atomic E-state index is 15.5. The number of carbonyl (C=O) groups excluding carboxylic acids is 5. The van der Waals surface area contributed by atoms with Crippen molar-refractivity contribution in [2.24, 2.45) is 5.92 Å². The topological polar surface area (TPSA) is 168 Å². The molecule has 1 aliphatic carbocycles.